The van der Waals surface area contributed by atoms with Crippen molar-refractivity contribution in [1.82, 2.24) is 20.1 Å². The Morgan fingerprint density at radius 3 is 2.96 bits per heavy atom. The second kappa shape index (κ2) is 8.82. The molecule has 150 valence electrons. The topological polar surface area (TPSA) is 78.3 Å². The summed E-state index contributed by atoms with van der Waals surface area (Å²) in [5.74, 6) is 3.15. The molecular weight excluding hydrogens is 380 g/mol. The Morgan fingerprint density at radius 2 is 2.04 bits per heavy atom. The maximum absolute atomic E-state index is 12.4. The average Bonchev–Trinajstić information content (AvgIpc) is 2.85. The number of nitrogens with one attached hydrogen (secondary N) is 1. The first-order valence-corrected chi connectivity index (χ1v) is 10.3. The van der Waals surface area contributed by atoms with Crippen LogP contribution in [-0.2, 0) is 30.6 Å². The van der Waals surface area contributed by atoms with Gasteiger partial charge in [0, 0.05) is 32.4 Å². The standard InChI is InChI=1S/C20H25ClN4O3/c21-15-11-14(12-16-20(15)28-10-4-9-27-16)13-19(26)22-7-6-18-24-23-17-5-2-1-3-8-25(17)18/h11-12H,1-10,13H2,(H,22,26). The summed E-state index contributed by atoms with van der Waals surface area (Å²) >= 11 is 6.30. The number of aromatic nitrogens is 3. The van der Waals surface area contributed by atoms with Gasteiger partial charge in [-0.1, -0.05) is 18.0 Å². The van der Waals surface area contributed by atoms with E-state index in [0.29, 0.717) is 42.7 Å². The molecule has 2 aromatic rings. The zero-order valence-corrected chi connectivity index (χ0v) is 16.6. The Morgan fingerprint density at radius 1 is 1.14 bits per heavy atom. The van der Waals surface area contributed by atoms with Crippen molar-refractivity contribution in [3.05, 3.63) is 34.4 Å². The van der Waals surface area contributed by atoms with Crippen LogP contribution in [0.25, 0.3) is 0 Å². The van der Waals surface area contributed by atoms with Crippen LogP contribution in [0.15, 0.2) is 12.1 Å². The Labute approximate surface area is 169 Å². The molecule has 0 saturated heterocycles. The Bertz CT molecular complexity index is 852. The Hall–Kier alpha value is -2.28. The summed E-state index contributed by atoms with van der Waals surface area (Å²) < 4.78 is 13.5. The van der Waals surface area contributed by atoms with Crippen LogP contribution in [0.3, 0.4) is 0 Å². The molecule has 8 heteroatoms. The van der Waals surface area contributed by atoms with E-state index in [1.54, 1.807) is 6.07 Å². The van der Waals surface area contributed by atoms with Crippen LogP contribution in [0.2, 0.25) is 5.02 Å². The third kappa shape index (κ3) is 4.41. The van der Waals surface area contributed by atoms with Gasteiger partial charge < -0.3 is 19.4 Å². The van der Waals surface area contributed by atoms with Crippen LogP contribution in [0, 0.1) is 0 Å². The molecule has 0 unspecified atom stereocenters. The maximum Gasteiger partial charge on any atom is 0.224 e. The minimum absolute atomic E-state index is 0.0545. The Kier molecular flexibility index (Phi) is 6.00. The number of amides is 1. The Balaban J connectivity index is 1.32. The highest BCUT2D eigenvalue weighted by Gasteiger charge is 2.17. The predicted molar refractivity (Wildman–Crippen MR) is 105 cm³/mol. The normalized spacial score (nSPS) is 16.0. The summed E-state index contributed by atoms with van der Waals surface area (Å²) in [4.78, 5) is 12.4. The van der Waals surface area contributed by atoms with E-state index >= 15 is 0 Å². The van der Waals surface area contributed by atoms with Gasteiger partial charge in [0.2, 0.25) is 5.91 Å². The molecule has 7 nitrogen and oxygen atoms in total. The van der Waals surface area contributed by atoms with Gasteiger partial charge in [0.15, 0.2) is 11.5 Å². The van der Waals surface area contributed by atoms with Crippen LogP contribution in [0.1, 0.15) is 42.9 Å². The van der Waals surface area contributed by atoms with Crippen molar-refractivity contribution in [1.29, 1.82) is 0 Å². The van der Waals surface area contributed by atoms with Gasteiger partial charge in [0.1, 0.15) is 11.6 Å². The molecule has 1 amide bonds. The average molecular weight is 405 g/mol. The second-order valence-electron chi connectivity index (χ2n) is 7.23. The lowest BCUT2D eigenvalue weighted by molar-refractivity contribution is -0.120. The summed E-state index contributed by atoms with van der Waals surface area (Å²) in [6, 6.07) is 3.61. The summed E-state index contributed by atoms with van der Waals surface area (Å²) in [6.07, 6.45) is 6.30. The zero-order chi connectivity index (χ0) is 19.3. The molecule has 28 heavy (non-hydrogen) atoms. The molecule has 4 rings (SSSR count). The van der Waals surface area contributed by atoms with Gasteiger partial charge in [-0.3, -0.25) is 4.79 Å². The highest BCUT2D eigenvalue weighted by molar-refractivity contribution is 6.32. The number of hydrogen-bond donors (Lipinski definition) is 1. The van der Waals surface area contributed by atoms with Crippen molar-refractivity contribution in [3.8, 4) is 11.5 Å². The van der Waals surface area contributed by atoms with Gasteiger partial charge >= 0.3 is 0 Å². The molecule has 1 N–H and O–H groups in total. The number of carbonyl (C=O) groups excluding carboxylic acids is 1. The van der Waals surface area contributed by atoms with E-state index in [2.05, 4.69) is 20.1 Å². The largest absolute Gasteiger partial charge is 0.489 e. The lowest BCUT2D eigenvalue weighted by atomic mass is 10.1. The molecule has 0 aliphatic carbocycles. The number of carbonyl (C=O) groups is 1. The highest BCUT2D eigenvalue weighted by Crippen LogP contribution is 2.38. The molecule has 2 aliphatic heterocycles. The maximum atomic E-state index is 12.4. The van der Waals surface area contributed by atoms with Gasteiger partial charge in [-0.25, -0.2) is 0 Å². The summed E-state index contributed by atoms with van der Waals surface area (Å²) in [7, 11) is 0. The molecule has 3 heterocycles. The molecule has 0 bridgehead atoms. The first-order valence-electron chi connectivity index (χ1n) is 9.96. The summed E-state index contributed by atoms with van der Waals surface area (Å²) in [5, 5.41) is 12.1. The summed E-state index contributed by atoms with van der Waals surface area (Å²) in [5.41, 5.74) is 0.808. The lowest BCUT2D eigenvalue weighted by Crippen LogP contribution is -2.28. The molecule has 0 radical (unpaired) electrons. The van der Waals surface area contributed by atoms with Crippen molar-refractivity contribution in [3.63, 3.8) is 0 Å². The molecule has 1 aromatic heterocycles. The van der Waals surface area contributed by atoms with Crippen molar-refractivity contribution < 1.29 is 14.3 Å². The van der Waals surface area contributed by atoms with Gasteiger partial charge in [-0.05, 0) is 30.5 Å². The van der Waals surface area contributed by atoms with E-state index in [9.17, 15) is 4.79 Å². The van der Waals surface area contributed by atoms with E-state index in [0.717, 1.165) is 43.0 Å². The second-order valence-corrected chi connectivity index (χ2v) is 7.63. The number of rotatable bonds is 5. The minimum Gasteiger partial charge on any atom is -0.489 e. The molecule has 2 aliphatic rings. The van der Waals surface area contributed by atoms with Crippen LogP contribution in [-0.4, -0.2) is 40.4 Å². The first-order chi connectivity index (χ1) is 13.7. The van der Waals surface area contributed by atoms with E-state index in [1.807, 2.05) is 6.07 Å². The summed E-state index contributed by atoms with van der Waals surface area (Å²) in [6.45, 7) is 2.68. The van der Waals surface area contributed by atoms with Crippen LogP contribution < -0.4 is 14.8 Å². The molecule has 0 spiro atoms. The first kappa shape index (κ1) is 19.1. The van der Waals surface area contributed by atoms with E-state index in [4.69, 9.17) is 21.1 Å². The third-order valence-electron chi connectivity index (χ3n) is 5.08. The van der Waals surface area contributed by atoms with Crippen LogP contribution >= 0.6 is 11.6 Å². The fourth-order valence-corrected chi connectivity index (χ4v) is 3.97. The third-order valence-corrected chi connectivity index (χ3v) is 5.36. The van der Waals surface area contributed by atoms with Crippen molar-refractivity contribution in [2.24, 2.45) is 0 Å². The number of fused-ring (bicyclic) bond motifs is 2. The van der Waals surface area contributed by atoms with Crippen LogP contribution in [0.4, 0.5) is 0 Å². The minimum atomic E-state index is -0.0545. The predicted octanol–water partition coefficient (Wildman–Crippen LogP) is 2.72. The zero-order valence-electron chi connectivity index (χ0n) is 15.9. The molecule has 0 saturated carbocycles. The van der Waals surface area contributed by atoms with Crippen molar-refractivity contribution >= 4 is 17.5 Å². The number of hydrogen-bond acceptors (Lipinski definition) is 5. The van der Waals surface area contributed by atoms with Gasteiger partial charge in [-0.2, -0.15) is 0 Å². The number of nitrogens with zero attached hydrogens (tertiary/aromatic N) is 3. The van der Waals surface area contributed by atoms with Gasteiger partial charge in [0.25, 0.3) is 0 Å². The lowest BCUT2D eigenvalue weighted by Gasteiger charge is -2.12. The fraction of sp³-hybridized carbons (Fsp3) is 0.550. The van der Waals surface area contributed by atoms with E-state index in [-0.39, 0.29) is 12.3 Å². The fourth-order valence-electron chi connectivity index (χ4n) is 3.68. The number of halogens is 1. The van der Waals surface area contributed by atoms with Crippen molar-refractivity contribution in [2.45, 2.75) is 51.5 Å². The molecule has 1 aromatic carbocycles. The quantitative estimate of drug-likeness (QED) is 0.828. The monoisotopic (exact) mass is 404 g/mol. The number of benzene rings is 1. The highest BCUT2D eigenvalue weighted by atomic mass is 35.5. The van der Waals surface area contributed by atoms with E-state index < -0.39 is 0 Å². The molecular formula is C20H25ClN4O3. The van der Waals surface area contributed by atoms with E-state index in [1.165, 1.54) is 12.8 Å². The smallest absolute Gasteiger partial charge is 0.224 e. The number of aryl methyl sites for hydroxylation is 1. The SMILES string of the molecule is O=C(Cc1cc(Cl)c2c(c1)OCCCO2)NCCc1nnc2n1CCCCC2. The molecule has 0 fully saturated rings. The number of ether oxygens (including phenoxy) is 2. The van der Waals surface area contributed by atoms with Gasteiger partial charge in [-0.15, -0.1) is 10.2 Å². The van der Waals surface area contributed by atoms with Crippen molar-refractivity contribution in [2.75, 3.05) is 19.8 Å². The molecule has 0 atom stereocenters. The van der Waals surface area contributed by atoms with Crippen LogP contribution in [0.5, 0.6) is 11.5 Å². The van der Waals surface area contributed by atoms with Gasteiger partial charge in [0.05, 0.1) is 24.7 Å².